The highest BCUT2D eigenvalue weighted by Crippen LogP contribution is 2.40. The number of rotatable bonds is 5. The average molecular weight is 516 g/mol. The summed E-state index contributed by atoms with van der Waals surface area (Å²) in [4.78, 5) is 11.3. The van der Waals surface area contributed by atoms with Crippen LogP contribution in [0.25, 0.3) is 22.3 Å². The van der Waals surface area contributed by atoms with Gasteiger partial charge in [0.2, 0.25) is 0 Å². The molecular weight excluding hydrogens is 500 g/mol. The number of hydrogen-bond donors (Lipinski definition) is 1. The molecule has 0 radical (unpaired) electrons. The quantitative estimate of drug-likeness (QED) is 0.297. The van der Waals surface area contributed by atoms with Crippen molar-refractivity contribution < 1.29 is 19.1 Å². The molecule has 4 aromatic rings. The molecule has 6 heteroatoms. The van der Waals surface area contributed by atoms with Crippen molar-refractivity contribution in [1.82, 2.24) is 0 Å². The summed E-state index contributed by atoms with van der Waals surface area (Å²) >= 11 is 6.98. The number of halogens is 2. The molecule has 0 aliphatic carbocycles. The Kier molecular flexibility index (Phi) is 5.48. The van der Waals surface area contributed by atoms with Gasteiger partial charge in [0.15, 0.2) is 5.75 Å². The zero-order valence-corrected chi connectivity index (χ0v) is 18.5. The van der Waals surface area contributed by atoms with Crippen LogP contribution in [0.5, 0.6) is 11.5 Å². The number of carboxylic acid groups (broad SMARTS) is 1. The molecule has 29 heavy (non-hydrogen) atoms. The molecule has 0 saturated heterocycles. The molecule has 1 heterocycles. The van der Waals surface area contributed by atoms with Crippen LogP contribution in [0.15, 0.2) is 80.1 Å². The van der Waals surface area contributed by atoms with Gasteiger partial charge in [0.25, 0.3) is 0 Å². The summed E-state index contributed by atoms with van der Waals surface area (Å²) in [5.41, 5.74) is 2.47. The third-order valence-electron chi connectivity index (χ3n) is 4.66. The van der Waals surface area contributed by atoms with Crippen LogP contribution in [0.3, 0.4) is 0 Å². The Hall–Kier alpha value is -2.57. The number of hydrogen-bond acceptors (Lipinski definition) is 3. The van der Waals surface area contributed by atoms with Crippen molar-refractivity contribution >= 4 is 48.8 Å². The van der Waals surface area contributed by atoms with Gasteiger partial charge in [0.05, 0.1) is 14.9 Å². The fraction of sp³-hybridized carbons (Fsp3) is 0.0870. The first-order valence-electron chi connectivity index (χ1n) is 8.91. The van der Waals surface area contributed by atoms with E-state index in [1.54, 1.807) is 19.1 Å². The number of furan rings is 1. The first-order valence-corrected chi connectivity index (χ1v) is 10.5. The summed E-state index contributed by atoms with van der Waals surface area (Å²) in [6.45, 7) is 1.65. The van der Waals surface area contributed by atoms with Gasteiger partial charge in [-0.05, 0) is 80.7 Å². The van der Waals surface area contributed by atoms with Crippen molar-refractivity contribution in [1.29, 1.82) is 0 Å². The lowest BCUT2D eigenvalue weighted by atomic mass is 10.0. The molecule has 1 aromatic heterocycles. The Morgan fingerprint density at radius 2 is 1.69 bits per heavy atom. The van der Waals surface area contributed by atoms with Gasteiger partial charge in [0.1, 0.15) is 17.1 Å². The first-order chi connectivity index (χ1) is 13.9. The standard InChI is InChI=1S/C23H16Br2O4/c1-13(23(26)27)15-10-18(24)22(19(25)11-15)28-17-7-8-20-16(9-17)12-21(29-20)14-5-3-2-4-6-14/h2-13H,1H3,(H,26,27). The molecule has 4 nitrogen and oxygen atoms in total. The second-order valence-electron chi connectivity index (χ2n) is 6.65. The van der Waals surface area contributed by atoms with Crippen LogP contribution in [0.2, 0.25) is 0 Å². The highest BCUT2D eigenvalue weighted by atomic mass is 79.9. The van der Waals surface area contributed by atoms with Crippen LogP contribution in [0, 0.1) is 0 Å². The molecular formula is C23H16Br2O4. The number of aliphatic carboxylic acids is 1. The van der Waals surface area contributed by atoms with E-state index in [9.17, 15) is 9.90 Å². The fourth-order valence-corrected chi connectivity index (χ4v) is 4.40. The Bertz CT molecular complexity index is 1180. The number of carbonyl (C=O) groups is 1. The van der Waals surface area contributed by atoms with E-state index in [-0.39, 0.29) is 0 Å². The topological polar surface area (TPSA) is 59.7 Å². The van der Waals surface area contributed by atoms with Crippen LogP contribution >= 0.6 is 31.9 Å². The van der Waals surface area contributed by atoms with E-state index < -0.39 is 11.9 Å². The van der Waals surface area contributed by atoms with Crippen LogP contribution in [0.1, 0.15) is 18.4 Å². The van der Waals surface area contributed by atoms with E-state index >= 15 is 0 Å². The third-order valence-corrected chi connectivity index (χ3v) is 5.84. The maximum Gasteiger partial charge on any atom is 0.310 e. The molecule has 1 unspecified atom stereocenters. The zero-order chi connectivity index (χ0) is 20.5. The van der Waals surface area contributed by atoms with Gasteiger partial charge in [-0.25, -0.2) is 0 Å². The molecule has 1 N–H and O–H groups in total. The molecule has 0 saturated carbocycles. The largest absolute Gasteiger partial charge is 0.481 e. The Balaban J connectivity index is 1.65. The number of fused-ring (bicyclic) bond motifs is 1. The Labute approximate surface area is 184 Å². The minimum Gasteiger partial charge on any atom is -0.481 e. The van der Waals surface area contributed by atoms with E-state index in [1.807, 2.05) is 54.6 Å². The molecule has 3 aromatic carbocycles. The minimum absolute atomic E-state index is 0.581. The van der Waals surface area contributed by atoms with E-state index in [0.717, 1.165) is 22.3 Å². The molecule has 0 bridgehead atoms. The van der Waals surface area contributed by atoms with Gasteiger partial charge in [-0.15, -0.1) is 0 Å². The van der Waals surface area contributed by atoms with E-state index in [0.29, 0.717) is 26.0 Å². The molecule has 4 rings (SSSR count). The summed E-state index contributed by atoms with van der Waals surface area (Å²) < 4.78 is 13.4. The van der Waals surface area contributed by atoms with Crippen molar-refractivity contribution in [3.05, 3.63) is 81.2 Å². The van der Waals surface area contributed by atoms with Crippen molar-refractivity contribution in [2.75, 3.05) is 0 Å². The van der Waals surface area contributed by atoms with E-state index in [1.165, 1.54) is 0 Å². The Morgan fingerprint density at radius 3 is 2.34 bits per heavy atom. The van der Waals surface area contributed by atoms with Crippen LogP contribution in [0.4, 0.5) is 0 Å². The third kappa shape index (κ3) is 4.09. The lowest BCUT2D eigenvalue weighted by Crippen LogP contribution is -2.07. The lowest BCUT2D eigenvalue weighted by molar-refractivity contribution is -0.138. The van der Waals surface area contributed by atoms with Gasteiger partial charge >= 0.3 is 5.97 Å². The van der Waals surface area contributed by atoms with E-state index in [2.05, 4.69) is 31.9 Å². The molecule has 146 valence electrons. The van der Waals surface area contributed by atoms with Crippen molar-refractivity contribution in [2.45, 2.75) is 12.8 Å². The van der Waals surface area contributed by atoms with Gasteiger partial charge < -0.3 is 14.3 Å². The van der Waals surface area contributed by atoms with Crippen LogP contribution in [-0.2, 0) is 4.79 Å². The molecule has 0 amide bonds. The summed E-state index contributed by atoms with van der Waals surface area (Å²) in [6.07, 6.45) is 0. The van der Waals surface area contributed by atoms with Gasteiger partial charge in [0, 0.05) is 10.9 Å². The van der Waals surface area contributed by atoms with Crippen molar-refractivity contribution in [2.24, 2.45) is 0 Å². The second-order valence-corrected chi connectivity index (χ2v) is 8.36. The van der Waals surface area contributed by atoms with Gasteiger partial charge in [-0.1, -0.05) is 30.3 Å². The monoisotopic (exact) mass is 514 g/mol. The Morgan fingerprint density at radius 1 is 1.00 bits per heavy atom. The summed E-state index contributed by atoms with van der Waals surface area (Å²) in [7, 11) is 0. The number of carboxylic acids is 1. The normalized spacial score (nSPS) is 12.1. The molecule has 1 atom stereocenters. The molecule has 0 spiro atoms. The highest BCUT2D eigenvalue weighted by Gasteiger charge is 2.18. The van der Waals surface area contributed by atoms with Crippen LogP contribution in [-0.4, -0.2) is 11.1 Å². The summed E-state index contributed by atoms with van der Waals surface area (Å²) in [5.74, 6) is 0.537. The second kappa shape index (κ2) is 8.05. The van der Waals surface area contributed by atoms with Crippen LogP contribution < -0.4 is 4.74 Å². The molecule has 0 aliphatic heterocycles. The zero-order valence-electron chi connectivity index (χ0n) is 15.4. The van der Waals surface area contributed by atoms with Gasteiger partial charge in [-0.2, -0.15) is 0 Å². The maximum absolute atomic E-state index is 11.3. The highest BCUT2D eigenvalue weighted by molar-refractivity contribution is 9.11. The van der Waals surface area contributed by atoms with E-state index in [4.69, 9.17) is 9.15 Å². The van der Waals surface area contributed by atoms with Crippen molar-refractivity contribution in [3.63, 3.8) is 0 Å². The van der Waals surface area contributed by atoms with Crippen molar-refractivity contribution in [3.8, 4) is 22.8 Å². The first kappa shape index (κ1) is 19.7. The molecule has 0 aliphatic rings. The average Bonchev–Trinajstić information content (AvgIpc) is 3.14. The predicted molar refractivity (Wildman–Crippen MR) is 120 cm³/mol. The fourth-order valence-electron chi connectivity index (χ4n) is 3.02. The molecule has 0 fully saturated rings. The predicted octanol–water partition coefficient (Wildman–Crippen LogP) is 7.61. The summed E-state index contributed by atoms with van der Waals surface area (Å²) in [5, 5.41) is 10.2. The summed E-state index contributed by atoms with van der Waals surface area (Å²) in [6, 6.07) is 21.1. The van der Waals surface area contributed by atoms with Gasteiger partial charge in [-0.3, -0.25) is 4.79 Å². The minimum atomic E-state index is -0.878. The smallest absolute Gasteiger partial charge is 0.310 e. The SMILES string of the molecule is CC(C(=O)O)c1cc(Br)c(Oc2ccc3oc(-c4ccccc4)cc3c2)c(Br)c1. The number of benzene rings is 3. The maximum atomic E-state index is 11.3. The lowest BCUT2D eigenvalue weighted by Gasteiger charge is -2.14. The number of ether oxygens (including phenoxy) is 1.